The van der Waals surface area contributed by atoms with Crippen molar-refractivity contribution in [2.24, 2.45) is 5.73 Å². The molecule has 0 radical (unpaired) electrons. The van der Waals surface area contributed by atoms with E-state index in [0.29, 0.717) is 19.6 Å². The lowest BCUT2D eigenvalue weighted by Gasteiger charge is -2.03. The Morgan fingerprint density at radius 1 is 1.31 bits per heavy atom. The van der Waals surface area contributed by atoms with Gasteiger partial charge in [0.05, 0.1) is 6.61 Å². The normalized spacial score (nSPS) is 9.62. The third-order valence-corrected chi connectivity index (χ3v) is 1.66. The van der Waals surface area contributed by atoms with Gasteiger partial charge in [0.15, 0.2) is 0 Å². The molecule has 0 aliphatic carbocycles. The number of hydrogen-bond donors (Lipinski definition) is 1. The maximum Gasteiger partial charge on any atom is 0.123 e. The monoisotopic (exact) mass is 179 g/mol. The second kappa shape index (κ2) is 5.32. The number of nitrogens with two attached hydrogens (primary N) is 1. The molecule has 0 atom stereocenters. The van der Waals surface area contributed by atoms with Crippen molar-refractivity contribution in [3.63, 3.8) is 0 Å². The van der Waals surface area contributed by atoms with E-state index in [0.717, 1.165) is 17.6 Å². The van der Waals surface area contributed by atoms with Crippen LogP contribution in [0, 0.1) is 0 Å². The minimum Gasteiger partial charge on any atom is -0.493 e. The molecule has 0 aromatic heterocycles. The Bertz CT molecular complexity index is 256. The lowest BCUT2D eigenvalue weighted by Crippen LogP contribution is -1.99. The van der Waals surface area contributed by atoms with Crippen molar-refractivity contribution in [2.75, 3.05) is 6.61 Å². The number of benzene rings is 1. The molecule has 0 spiro atoms. The maximum atomic E-state index is 10.00. The van der Waals surface area contributed by atoms with Gasteiger partial charge in [0, 0.05) is 13.0 Å². The smallest absolute Gasteiger partial charge is 0.123 e. The molecule has 13 heavy (non-hydrogen) atoms. The predicted octanol–water partition coefficient (Wildman–Crippen LogP) is 1.11. The molecule has 2 N–H and O–H groups in total. The summed E-state index contributed by atoms with van der Waals surface area (Å²) in [5.41, 5.74) is 6.51. The maximum absolute atomic E-state index is 10.00. The molecule has 1 aromatic carbocycles. The summed E-state index contributed by atoms with van der Waals surface area (Å²) in [6.07, 6.45) is 1.27. The second-order valence-electron chi connectivity index (χ2n) is 2.65. The fourth-order valence-electron chi connectivity index (χ4n) is 0.947. The minimum absolute atomic E-state index is 0.429. The summed E-state index contributed by atoms with van der Waals surface area (Å²) >= 11 is 0. The van der Waals surface area contributed by atoms with Gasteiger partial charge in [0.2, 0.25) is 0 Å². The van der Waals surface area contributed by atoms with Crippen LogP contribution in [0.5, 0.6) is 5.75 Å². The molecule has 0 saturated heterocycles. The highest BCUT2D eigenvalue weighted by molar-refractivity contribution is 5.49. The van der Waals surface area contributed by atoms with Gasteiger partial charge in [0.1, 0.15) is 12.0 Å². The van der Waals surface area contributed by atoms with Crippen LogP contribution < -0.4 is 10.5 Å². The molecule has 0 amide bonds. The van der Waals surface area contributed by atoms with E-state index in [2.05, 4.69) is 0 Å². The van der Waals surface area contributed by atoms with Gasteiger partial charge in [-0.1, -0.05) is 12.1 Å². The first-order valence-electron chi connectivity index (χ1n) is 4.22. The molecule has 0 fully saturated rings. The van der Waals surface area contributed by atoms with Crippen molar-refractivity contribution in [3.05, 3.63) is 29.8 Å². The third-order valence-electron chi connectivity index (χ3n) is 1.66. The Hall–Kier alpha value is -1.35. The lowest BCUT2D eigenvalue weighted by atomic mass is 10.2. The SMILES string of the molecule is NCc1ccc(OCCC=O)cc1. The summed E-state index contributed by atoms with van der Waals surface area (Å²) in [6.45, 7) is 0.972. The molecule has 70 valence electrons. The van der Waals surface area contributed by atoms with Gasteiger partial charge in [-0.05, 0) is 17.7 Å². The lowest BCUT2D eigenvalue weighted by molar-refractivity contribution is -0.108. The van der Waals surface area contributed by atoms with Gasteiger partial charge < -0.3 is 15.3 Å². The van der Waals surface area contributed by atoms with Crippen LogP contribution in [0.3, 0.4) is 0 Å². The van der Waals surface area contributed by atoms with Crippen LogP contribution in [-0.2, 0) is 11.3 Å². The molecule has 0 aliphatic heterocycles. The Morgan fingerprint density at radius 2 is 2.00 bits per heavy atom. The van der Waals surface area contributed by atoms with Gasteiger partial charge >= 0.3 is 0 Å². The molecule has 1 aromatic rings. The average molecular weight is 179 g/mol. The zero-order valence-corrected chi connectivity index (χ0v) is 7.40. The Kier molecular flexibility index (Phi) is 3.99. The van der Waals surface area contributed by atoms with Crippen LogP contribution in [0.15, 0.2) is 24.3 Å². The number of hydrogen-bond acceptors (Lipinski definition) is 3. The van der Waals surface area contributed by atoms with Crippen LogP contribution in [0.4, 0.5) is 0 Å². The summed E-state index contributed by atoms with van der Waals surface area (Å²) in [5, 5.41) is 0. The summed E-state index contributed by atoms with van der Waals surface area (Å²) in [4.78, 5) is 10.00. The molecular weight excluding hydrogens is 166 g/mol. The van der Waals surface area contributed by atoms with Gasteiger partial charge in [-0.3, -0.25) is 0 Å². The highest BCUT2D eigenvalue weighted by Gasteiger charge is 1.93. The van der Waals surface area contributed by atoms with E-state index in [9.17, 15) is 4.79 Å². The van der Waals surface area contributed by atoms with Crippen LogP contribution >= 0.6 is 0 Å². The van der Waals surface area contributed by atoms with E-state index in [4.69, 9.17) is 10.5 Å². The Morgan fingerprint density at radius 3 is 2.54 bits per heavy atom. The van der Waals surface area contributed by atoms with Crippen LogP contribution in [-0.4, -0.2) is 12.9 Å². The molecule has 0 saturated carbocycles. The van der Waals surface area contributed by atoms with Crippen molar-refractivity contribution >= 4 is 6.29 Å². The molecular formula is C10H13NO2. The Balaban J connectivity index is 2.44. The number of carbonyl (C=O) groups is 1. The highest BCUT2D eigenvalue weighted by atomic mass is 16.5. The fourth-order valence-corrected chi connectivity index (χ4v) is 0.947. The zero-order chi connectivity index (χ0) is 9.52. The second-order valence-corrected chi connectivity index (χ2v) is 2.65. The van der Waals surface area contributed by atoms with E-state index >= 15 is 0 Å². The number of aldehydes is 1. The third kappa shape index (κ3) is 3.25. The van der Waals surface area contributed by atoms with E-state index in [1.54, 1.807) is 0 Å². The molecule has 0 bridgehead atoms. The molecule has 1 rings (SSSR count). The minimum atomic E-state index is 0.429. The van der Waals surface area contributed by atoms with Gasteiger partial charge in [-0.15, -0.1) is 0 Å². The molecule has 0 unspecified atom stereocenters. The molecule has 0 heterocycles. The Labute approximate surface area is 77.5 Å². The average Bonchev–Trinajstić information content (AvgIpc) is 2.19. The topological polar surface area (TPSA) is 52.3 Å². The van der Waals surface area contributed by atoms with Gasteiger partial charge in [-0.25, -0.2) is 0 Å². The van der Waals surface area contributed by atoms with Crippen molar-refractivity contribution in [2.45, 2.75) is 13.0 Å². The first-order valence-corrected chi connectivity index (χ1v) is 4.22. The number of ether oxygens (including phenoxy) is 1. The fraction of sp³-hybridized carbons (Fsp3) is 0.300. The van der Waals surface area contributed by atoms with E-state index in [1.807, 2.05) is 24.3 Å². The van der Waals surface area contributed by atoms with Crippen LogP contribution in [0.25, 0.3) is 0 Å². The van der Waals surface area contributed by atoms with Gasteiger partial charge in [-0.2, -0.15) is 0 Å². The number of rotatable bonds is 5. The first kappa shape index (κ1) is 9.74. The van der Waals surface area contributed by atoms with Crippen molar-refractivity contribution in [3.8, 4) is 5.75 Å². The molecule has 3 heteroatoms. The zero-order valence-electron chi connectivity index (χ0n) is 7.40. The largest absolute Gasteiger partial charge is 0.493 e. The van der Waals surface area contributed by atoms with E-state index < -0.39 is 0 Å². The molecule has 0 aliphatic rings. The van der Waals surface area contributed by atoms with Crippen molar-refractivity contribution < 1.29 is 9.53 Å². The van der Waals surface area contributed by atoms with Crippen LogP contribution in [0.1, 0.15) is 12.0 Å². The molecule has 3 nitrogen and oxygen atoms in total. The van der Waals surface area contributed by atoms with Crippen LogP contribution in [0.2, 0.25) is 0 Å². The standard InChI is InChI=1S/C10H13NO2/c11-8-9-2-4-10(5-3-9)13-7-1-6-12/h2-6H,1,7-8,11H2. The first-order chi connectivity index (χ1) is 6.36. The quantitative estimate of drug-likeness (QED) is 0.544. The summed E-state index contributed by atoms with van der Waals surface area (Å²) < 4.78 is 5.27. The van der Waals surface area contributed by atoms with Crippen molar-refractivity contribution in [1.29, 1.82) is 0 Å². The predicted molar refractivity (Wildman–Crippen MR) is 50.5 cm³/mol. The summed E-state index contributed by atoms with van der Waals surface area (Å²) in [5.74, 6) is 0.777. The highest BCUT2D eigenvalue weighted by Crippen LogP contribution is 2.11. The number of carbonyl (C=O) groups excluding carboxylic acids is 1. The van der Waals surface area contributed by atoms with Gasteiger partial charge in [0.25, 0.3) is 0 Å². The van der Waals surface area contributed by atoms with E-state index in [1.165, 1.54) is 0 Å². The summed E-state index contributed by atoms with van der Waals surface area (Å²) in [7, 11) is 0. The van der Waals surface area contributed by atoms with Crippen molar-refractivity contribution in [1.82, 2.24) is 0 Å². The van der Waals surface area contributed by atoms with E-state index in [-0.39, 0.29) is 0 Å². The summed E-state index contributed by atoms with van der Waals surface area (Å²) in [6, 6.07) is 7.53.